The minimum absolute atomic E-state index is 0.0667. The Morgan fingerprint density at radius 3 is 2.85 bits per heavy atom. The van der Waals surface area contributed by atoms with Crippen molar-refractivity contribution < 1.29 is 14.3 Å². The maximum atomic E-state index is 10.8. The average Bonchev–Trinajstić information content (AvgIpc) is 3.17. The molecule has 6 heteroatoms. The molecule has 0 unspecified atom stereocenters. The maximum absolute atomic E-state index is 10.8. The second-order valence-electron chi connectivity index (χ2n) is 6.72. The van der Waals surface area contributed by atoms with Crippen LogP contribution in [0.5, 0.6) is 0 Å². The zero-order valence-electron chi connectivity index (χ0n) is 14.4. The number of rotatable bonds is 4. The summed E-state index contributed by atoms with van der Waals surface area (Å²) in [5.41, 5.74) is 2.24. The van der Waals surface area contributed by atoms with Crippen LogP contribution in [0.3, 0.4) is 0 Å². The first kappa shape index (κ1) is 16.6. The molecular weight excluding hydrogens is 330 g/mol. The summed E-state index contributed by atoms with van der Waals surface area (Å²) < 4.78 is 5.56. The summed E-state index contributed by atoms with van der Waals surface area (Å²) in [5, 5.41) is 13.6. The van der Waals surface area contributed by atoms with E-state index in [4.69, 9.17) is 9.52 Å². The molecule has 1 fully saturated rings. The first-order valence-electron chi connectivity index (χ1n) is 8.81. The van der Waals surface area contributed by atoms with E-state index in [2.05, 4.69) is 33.4 Å². The van der Waals surface area contributed by atoms with Crippen molar-refractivity contribution in [3.05, 3.63) is 54.6 Å². The Labute approximate surface area is 151 Å². The number of pyridine rings is 1. The number of carboxylic acid groups (broad SMARTS) is 1. The topological polar surface area (TPSA) is 78.6 Å². The lowest BCUT2D eigenvalue weighted by atomic mass is 10.0. The molecule has 1 saturated heterocycles. The predicted molar refractivity (Wildman–Crippen MR) is 98.9 cm³/mol. The van der Waals surface area contributed by atoms with Crippen molar-refractivity contribution in [3.63, 3.8) is 0 Å². The molecule has 2 aromatic heterocycles. The number of aromatic nitrogens is 1. The summed E-state index contributed by atoms with van der Waals surface area (Å²) >= 11 is 0. The Hall–Kier alpha value is -2.86. The highest BCUT2D eigenvalue weighted by Crippen LogP contribution is 2.29. The lowest BCUT2D eigenvalue weighted by Gasteiger charge is -2.31. The third kappa shape index (κ3) is 3.55. The maximum Gasteiger partial charge on any atom is 0.404 e. The summed E-state index contributed by atoms with van der Waals surface area (Å²) in [5.74, 6) is 0.820. The number of hydrogen-bond acceptors (Lipinski definition) is 4. The van der Waals surface area contributed by atoms with E-state index in [9.17, 15) is 4.79 Å². The molecule has 134 valence electrons. The number of carbonyl (C=O) groups is 1. The van der Waals surface area contributed by atoms with Gasteiger partial charge in [-0.15, -0.1) is 0 Å². The quantitative estimate of drug-likeness (QED) is 0.749. The van der Waals surface area contributed by atoms with Gasteiger partial charge in [-0.2, -0.15) is 0 Å². The van der Waals surface area contributed by atoms with Gasteiger partial charge in [-0.3, -0.25) is 9.88 Å². The number of likely N-dealkylation sites (tertiary alicyclic amines) is 1. The molecule has 0 spiro atoms. The summed E-state index contributed by atoms with van der Waals surface area (Å²) in [6, 6.07) is 10.3. The van der Waals surface area contributed by atoms with Gasteiger partial charge < -0.3 is 14.8 Å². The van der Waals surface area contributed by atoms with Crippen LogP contribution in [0.25, 0.3) is 22.1 Å². The van der Waals surface area contributed by atoms with Crippen LogP contribution in [0, 0.1) is 0 Å². The highest BCUT2D eigenvalue weighted by molar-refractivity contribution is 5.94. The largest absolute Gasteiger partial charge is 0.465 e. The fraction of sp³-hybridized carbons (Fsp3) is 0.300. The van der Waals surface area contributed by atoms with Crippen LogP contribution in [-0.2, 0) is 6.54 Å². The number of amides is 1. The van der Waals surface area contributed by atoms with Crippen LogP contribution in [0.4, 0.5) is 4.79 Å². The molecule has 1 aromatic carbocycles. The molecule has 6 nitrogen and oxygen atoms in total. The van der Waals surface area contributed by atoms with Crippen LogP contribution in [0.15, 0.2) is 53.4 Å². The second kappa shape index (κ2) is 7.17. The molecule has 0 saturated carbocycles. The Kier molecular flexibility index (Phi) is 4.58. The van der Waals surface area contributed by atoms with Gasteiger partial charge in [0.05, 0.1) is 6.26 Å². The molecule has 1 aliphatic rings. The highest BCUT2D eigenvalue weighted by atomic mass is 16.4. The molecule has 0 radical (unpaired) electrons. The highest BCUT2D eigenvalue weighted by Gasteiger charge is 2.20. The average molecular weight is 351 g/mol. The summed E-state index contributed by atoms with van der Waals surface area (Å²) in [7, 11) is 0. The van der Waals surface area contributed by atoms with E-state index >= 15 is 0 Å². The number of nitrogens with one attached hydrogen (secondary N) is 1. The van der Waals surface area contributed by atoms with E-state index in [-0.39, 0.29) is 6.04 Å². The lowest BCUT2D eigenvalue weighted by molar-refractivity contribution is 0.165. The summed E-state index contributed by atoms with van der Waals surface area (Å²) in [4.78, 5) is 17.4. The zero-order chi connectivity index (χ0) is 17.9. The van der Waals surface area contributed by atoms with Crippen molar-refractivity contribution in [2.75, 3.05) is 13.1 Å². The fourth-order valence-electron chi connectivity index (χ4n) is 3.61. The molecule has 1 aliphatic heterocycles. The van der Waals surface area contributed by atoms with E-state index < -0.39 is 6.09 Å². The van der Waals surface area contributed by atoms with Crippen LogP contribution in [0.2, 0.25) is 0 Å². The molecule has 0 aliphatic carbocycles. The van der Waals surface area contributed by atoms with Crippen molar-refractivity contribution in [1.82, 2.24) is 15.2 Å². The Bertz CT molecular complexity index is 900. The van der Waals surface area contributed by atoms with E-state index in [1.165, 1.54) is 5.56 Å². The van der Waals surface area contributed by atoms with Crippen LogP contribution < -0.4 is 5.32 Å². The lowest BCUT2D eigenvalue weighted by Crippen LogP contribution is -2.43. The number of piperidine rings is 1. The van der Waals surface area contributed by atoms with Crippen molar-refractivity contribution >= 4 is 16.9 Å². The monoisotopic (exact) mass is 351 g/mol. The molecule has 0 bridgehead atoms. The van der Waals surface area contributed by atoms with Gasteiger partial charge in [-0.1, -0.05) is 12.1 Å². The van der Waals surface area contributed by atoms with Gasteiger partial charge in [-0.25, -0.2) is 4.79 Å². The standard InChI is InChI=1S/C20H21N3O3/c24-20(25)22-16-5-7-23(8-6-16)13-14-3-4-15-11-21-12-18(17(15)10-14)19-2-1-9-26-19/h1-4,9-12,16,22H,5-8,13H2,(H,24,25). The van der Waals surface area contributed by atoms with Gasteiger partial charge >= 0.3 is 6.09 Å². The van der Waals surface area contributed by atoms with Gasteiger partial charge in [0.25, 0.3) is 0 Å². The van der Waals surface area contributed by atoms with E-state index in [1.807, 2.05) is 24.5 Å². The number of nitrogens with zero attached hydrogens (tertiary/aromatic N) is 2. The minimum atomic E-state index is -0.933. The Morgan fingerprint density at radius 1 is 1.27 bits per heavy atom. The van der Waals surface area contributed by atoms with Crippen LogP contribution in [-0.4, -0.2) is 40.2 Å². The van der Waals surface area contributed by atoms with Crippen molar-refractivity contribution in [2.24, 2.45) is 0 Å². The van der Waals surface area contributed by atoms with Gasteiger partial charge in [0.2, 0.25) is 0 Å². The molecular formula is C20H21N3O3. The molecule has 0 atom stereocenters. The van der Waals surface area contributed by atoms with Gasteiger partial charge in [0.15, 0.2) is 0 Å². The first-order valence-corrected chi connectivity index (χ1v) is 8.81. The molecule has 1 amide bonds. The third-order valence-electron chi connectivity index (χ3n) is 4.93. The zero-order valence-corrected chi connectivity index (χ0v) is 14.4. The van der Waals surface area contributed by atoms with E-state index in [1.54, 1.807) is 6.26 Å². The first-order chi connectivity index (χ1) is 12.7. The molecule has 2 N–H and O–H groups in total. The number of hydrogen-bond donors (Lipinski definition) is 2. The summed E-state index contributed by atoms with van der Waals surface area (Å²) in [6.45, 7) is 2.64. The SMILES string of the molecule is O=C(O)NC1CCN(Cc2ccc3cncc(-c4ccco4)c3c2)CC1. The predicted octanol–water partition coefficient (Wildman–Crippen LogP) is 3.73. The summed E-state index contributed by atoms with van der Waals surface area (Å²) in [6.07, 6.45) is 6.15. The third-order valence-corrected chi connectivity index (χ3v) is 4.93. The Morgan fingerprint density at radius 2 is 2.12 bits per heavy atom. The van der Waals surface area contributed by atoms with Gasteiger partial charge in [-0.05, 0) is 42.0 Å². The van der Waals surface area contributed by atoms with Crippen molar-refractivity contribution in [3.8, 4) is 11.3 Å². The number of benzene rings is 1. The second-order valence-corrected chi connectivity index (χ2v) is 6.72. The normalized spacial score (nSPS) is 16.0. The minimum Gasteiger partial charge on any atom is -0.465 e. The van der Waals surface area contributed by atoms with Crippen molar-refractivity contribution in [1.29, 1.82) is 0 Å². The fourth-order valence-corrected chi connectivity index (χ4v) is 3.61. The number of fused-ring (bicyclic) bond motifs is 1. The van der Waals surface area contributed by atoms with Crippen LogP contribution in [0.1, 0.15) is 18.4 Å². The Balaban J connectivity index is 1.51. The van der Waals surface area contributed by atoms with E-state index in [0.29, 0.717) is 0 Å². The molecule has 3 heterocycles. The molecule has 4 rings (SSSR count). The van der Waals surface area contributed by atoms with Gasteiger partial charge in [0, 0.05) is 49.0 Å². The smallest absolute Gasteiger partial charge is 0.404 e. The molecule has 3 aromatic rings. The van der Waals surface area contributed by atoms with Crippen LogP contribution >= 0.6 is 0 Å². The van der Waals surface area contributed by atoms with E-state index in [0.717, 1.165) is 54.6 Å². The number of furan rings is 1. The van der Waals surface area contributed by atoms with Crippen molar-refractivity contribution in [2.45, 2.75) is 25.4 Å². The van der Waals surface area contributed by atoms with Gasteiger partial charge in [0.1, 0.15) is 5.76 Å². The molecule has 26 heavy (non-hydrogen) atoms.